The number of fused-ring (bicyclic) bond motifs is 1. The number of rotatable bonds is 2. The third-order valence-corrected chi connectivity index (χ3v) is 3.87. The molecule has 0 radical (unpaired) electrons. The van der Waals surface area contributed by atoms with Crippen LogP contribution in [0.1, 0.15) is 18.0 Å². The molecule has 1 fully saturated rings. The highest BCUT2D eigenvalue weighted by molar-refractivity contribution is 9.10. The lowest BCUT2D eigenvalue weighted by Crippen LogP contribution is -2.44. The summed E-state index contributed by atoms with van der Waals surface area (Å²) in [6, 6.07) is 6.54. The normalized spacial score (nSPS) is 27.5. The predicted molar refractivity (Wildman–Crippen MR) is 68.8 cm³/mol. The van der Waals surface area contributed by atoms with Crippen molar-refractivity contribution in [3.05, 3.63) is 28.2 Å². The second-order valence-corrected chi connectivity index (χ2v) is 5.37. The molecule has 0 amide bonds. The van der Waals surface area contributed by atoms with Gasteiger partial charge in [0.05, 0.1) is 31.0 Å². The number of hydrogen-bond donors (Lipinski definition) is 2. The van der Waals surface area contributed by atoms with Crippen molar-refractivity contribution < 1.29 is 9.84 Å². The van der Waals surface area contributed by atoms with E-state index in [-0.39, 0.29) is 12.6 Å². The molecule has 2 aliphatic rings. The van der Waals surface area contributed by atoms with Crippen molar-refractivity contribution in [2.75, 3.05) is 24.8 Å². The highest BCUT2D eigenvalue weighted by Crippen LogP contribution is 2.36. The average molecular weight is 299 g/mol. The van der Waals surface area contributed by atoms with Crippen LogP contribution in [0.25, 0.3) is 0 Å². The van der Waals surface area contributed by atoms with Crippen LogP contribution in [0.15, 0.2) is 22.7 Å². The van der Waals surface area contributed by atoms with E-state index in [1.165, 1.54) is 0 Å². The van der Waals surface area contributed by atoms with Crippen LogP contribution >= 0.6 is 15.9 Å². The zero-order valence-corrected chi connectivity index (χ0v) is 11.0. The molecular weight excluding hydrogens is 284 g/mol. The summed E-state index contributed by atoms with van der Waals surface area (Å²) in [4.78, 5) is 0. The Morgan fingerprint density at radius 2 is 2.41 bits per heavy atom. The van der Waals surface area contributed by atoms with Crippen LogP contribution in [0, 0.1) is 0 Å². The zero-order chi connectivity index (χ0) is 11.8. The van der Waals surface area contributed by atoms with Gasteiger partial charge in [0, 0.05) is 11.1 Å². The van der Waals surface area contributed by atoms with E-state index in [0.717, 1.165) is 35.4 Å². The van der Waals surface area contributed by atoms with Gasteiger partial charge in [-0.25, -0.2) is 5.43 Å². The van der Waals surface area contributed by atoms with Gasteiger partial charge in [-0.15, -0.1) is 0 Å². The predicted octanol–water partition coefficient (Wildman–Crippen LogP) is 1.60. The van der Waals surface area contributed by atoms with E-state index < -0.39 is 0 Å². The molecule has 2 aliphatic heterocycles. The molecule has 1 aromatic carbocycles. The Bertz CT molecular complexity index is 421. The number of hydrogen-bond acceptors (Lipinski definition) is 4. The van der Waals surface area contributed by atoms with Gasteiger partial charge in [-0.3, -0.25) is 0 Å². The first-order chi connectivity index (χ1) is 8.29. The summed E-state index contributed by atoms with van der Waals surface area (Å²) in [5, 5.41) is 11.6. The van der Waals surface area contributed by atoms with E-state index in [1.807, 2.05) is 6.07 Å². The molecule has 4 nitrogen and oxygen atoms in total. The second-order valence-electron chi connectivity index (χ2n) is 4.45. The molecular formula is C12H15BrN2O2. The fourth-order valence-corrected chi connectivity index (χ4v) is 2.88. The third kappa shape index (κ3) is 1.97. The molecule has 2 unspecified atom stereocenters. The van der Waals surface area contributed by atoms with Crippen LogP contribution in [-0.2, 0) is 4.74 Å². The summed E-state index contributed by atoms with van der Waals surface area (Å²) in [6.07, 6.45) is 1.03. The number of nitrogens with one attached hydrogen (secondary N) is 1. The number of aliphatic hydroxyl groups excluding tert-OH is 1. The summed E-state index contributed by atoms with van der Waals surface area (Å²) in [7, 11) is 0. The molecule has 1 aromatic rings. The zero-order valence-electron chi connectivity index (χ0n) is 9.40. The van der Waals surface area contributed by atoms with Crippen molar-refractivity contribution in [1.29, 1.82) is 0 Å². The number of anilines is 1. The van der Waals surface area contributed by atoms with Gasteiger partial charge < -0.3 is 14.9 Å². The standard InChI is InChI=1S/C12H15BrN2O2/c13-8-1-2-12-10(5-8)11(6-16)14-15(12)9-3-4-17-7-9/h1-2,5,9,11,14,16H,3-4,6-7H2. The highest BCUT2D eigenvalue weighted by Gasteiger charge is 2.33. The first kappa shape index (κ1) is 11.5. The smallest absolute Gasteiger partial charge is 0.0764 e. The maximum atomic E-state index is 9.43. The van der Waals surface area contributed by atoms with Crippen molar-refractivity contribution in [3.63, 3.8) is 0 Å². The van der Waals surface area contributed by atoms with Crippen LogP contribution in [-0.4, -0.2) is 31.0 Å². The molecule has 1 saturated heterocycles. The summed E-state index contributed by atoms with van der Waals surface area (Å²) in [5.41, 5.74) is 5.66. The fourth-order valence-electron chi connectivity index (χ4n) is 2.50. The van der Waals surface area contributed by atoms with Gasteiger partial charge in [0.15, 0.2) is 0 Å². The average Bonchev–Trinajstić information content (AvgIpc) is 2.94. The first-order valence-electron chi connectivity index (χ1n) is 5.83. The van der Waals surface area contributed by atoms with Crippen molar-refractivity contribution in [3.8, 4) is 0 Å². The van der Waals surface area contributed by atoms with Crippen LogP contribution < -0.4 is 10.4 Å². The molecule has 0 aliphatic carbocycles. The molecule has 3 rings (SSSR count). The summed E-state index contributed by atoms with van der Waals surface area (Å²) >= 11 is 3.47. The molecule has 17 heavy (non-hydrogen) atoms. The third-order valence-electron chi connectivity index (χ3n) is 3.37. The van der Waals surface area contributed by atoms with E-state index in [0.29, 0.717) is 6.04 Å². The van der Waals surface area contributed by atoms with Gasteiger partial charge in [-0.2, -0.15) is 0 Å². The number of ether oxygens (including phenoxy) is 1. The maximum absolute atomic E-state index is 9.43. The summed E-state index contributed by atoms with van der Waals surface area (Å²) in [5.74, 6) is 0. The van der Waals surface area contributed by atoms with Crippen molar-refractivity contribution in [1.82, 2.24) is 5.43 Å². The SMILES string of the molecule is OCC1NN(C2CCOC2)c2ccc(Br)cc21. The van der Waals surface area contributed by atoms with E-state index in [1.54, 1.807) is 0 Å². The van der Waals surface area contributed by atoms with Crippen molar-refractivity contribution >= 4 is 21.6 Å². The number of aliphatic hydroxyl groups is 1. The van der Waals surface area contributed by atoms with Crippen LogP contribution in [0.5, 0.6) is 0 Å². The molecule has 0 bridgehead atoms. The minimum atomic E-state index is -0.0110. The van der Waals surface area contributed by atoms with E-state index in [4.69, 9.17) is 4.74 Å². The monoisotopic (exact) mass is 298 g/mol. The Hall–Kier alpha value is -0.620. The Labute approximate surface area is 109 Å². The van der Waals surface area contributed by atoms with Crippen LogP contribution in [0.2, 0.25) is 0 Å². The van der Waals surface area contributed by atoms with Gasteiger partial charge in [-0.05, 0) is 30.2 Å². The minimum Gasteiger partial charge on any atom is -0.394 e. The van der Waals surface area contributed by atoms with Crippen molar-refractivity contribution in [2.24, 2.45) is 0 Å². The number of halogens is 1. The summed E-state index contributed by atoms with van der Waals surface area (Å²) in [6.45, 7) is 1.67. The molecule has 0 saturated carbocycles. The number of hydrazine groups is 1. The lowest BCUT2D eigenvalue weighted by atomic mass is 10.1. The molecule has 2 heterocycles. The van der Waals surface area contributed by atoms with Gasteiger partial charge in [0.2, 0.25) is 0 Å². The lowest BCUT2D eigenvalue weighted by Gasteiger charge is -2.26. The molecule has 0 spiro atoms. The van der Waals surface area contributed by atoms with E-state index >= 15 is 0 Å². The minimum absolute atomic E-state index is 0.0110. The van der Waals surface area contributed by atoms with Gasteiger partial charge in [0.1, 0.15) is 0 Å². The highest BCUT2D eigenvalue weighted by atomic mass is 79.9. The van der Waals surface area contributed by atoms with E-state index in [9.17, 15) is 5.11 Å². The van der Waals surface area contributed by atoms with Crippen LogP contribution in [0.3, 0.4) is 0 Å². The molecule has 0 aromatic heterocycles. The van der Waals surface area contributed by atoms with Gasteiger partial charge >= 0.3 is 0 Å². The second kappa shape index (κ2) is 4.57. The Balaban J connectivity index is 1.95. The molecule has 5 heteroatoms. The molecule has 2 N–H and O–H groups in total. The Kier molecular flexibility index (Phi) is 3.08. The van der Waals surface area contributed by atoms with Crippen LogP contribution in [0.4, 0.5) is 5.69 Å². The largest absolute Gasteiger partial charge is 0.394 e. The number of benzene rings is 1. The molecule has 92 valence electrons. The Morgan fingerprint density at radius 3 is 3.12 bits per heavy atom. The quantitative estimate of drug-likeness (QED) is 0.870. The summed E-state index contributed by atoms with van der Waals surface area (Å²) < 4.78 is 6.47. The Morgan fingerprint density at radius 1 is 1.53 bits per heavy atom. The van der Waals surface area contributed by atoms with E-state index in [2.05, 4.69) is 38.5 Å². The topological polar surface area (TPSA) is 44.7 Å². The van der Waals surface area contributed by atoms with Crippen molar-refractivity contribution in [2.45, 2.75) is 18.5 Å². The molecule has 2 atom stereocenters. The number of nitrogens with zero attached hydrogens (tertiary/aromatic N) is 1. The fraction of sp³-hybridized carbons (Fsp3) is 0.500. The maximum Gasteiger partial charge on any atom is 0.0764 e. The lowest BCUT2D eigenvalue weighted by molar-refractivity contribution is 0.190. The van der Waals surface area contributed by atoms with Gasteiger partial charge in [0.25, 0.3) is 0 Å². The first-order valence-corrected chi connectivity index (χ1v) is 6.62. The van der Waals surface area contributed by atoms with Gasteiger partial charge in [-0.1, -0.05) is 15.9 Å².